The highest BCUT2D eigenvalue weighted by atomic mass is 35.5. The largest absolute Gasteiger partial charge is 0.465 e. The van der Waals surface area contributed by atoms with Gasteiger partial charge >= 0.3 is 5.97 Å². The third-order valence-electron chi connectivity index (χ3n) is 0.652. The standard InChI is InChI=1S/C5H10ClNO2/c1-3-9-5(8)4-7(2)6/h3-4H2,1-2H3. The minimum absolute atomic E-state index is 0.134. The number of hydrogen-bond acceptors (Lipinski definition) is 3. The second kappa shape index (κ2) is 4.58. The Bertz CT molecular complexity index is 95.0. The molecule has 0 bridgehead atoms. The van der Waals surface area contributed by atoms with Crippen LogP contribution in [0.2, 0.25) is 0 Å². The minimum Gasteiger partial charge on any atom is -0.465 e. The summed E-state index contributed by atoms with van der Waals surface area (Å²) in [4.78, 5) is 10.5. The Hall–Kier alpha value is -0.280. The molecule has 0 saturated heterocycles. The average Bonchev–Trinajstić information content (AvgIpc) is 1.63. The molecule has 0 unspecified atom stereocenters. The van der Waals surface area contributed by atoms with Crippen molar-refractivity contribution in [1.82, 2.24) is 4.42 Å². The lowest BCUT2D eigenvalue weighted by Crippen LogP contribution is -2.19. The van der Waals surface area contributed by atoms with Crippen LogP contribution in [0.25, 0.3) is 0 Å². The monoisotopic (exact) mass is 151 g/mol. The van der Waals surface area contributed by atoms with Gasteiger partial charge in [0.2, 0.25) is 0 Å². The molecule has 0 radical (unpaired) electrons. The van der Waals surface area contributed by atoms with Crippen LogP contribution >= 0.6 is 11.8 Å². The number of nitrogens with zero attached hydrogens (tertiary/aromatic N) is 1. The van der Waals surface area contributed by atoms with Crippen molar-refractivity contribution in [3.05, 3.63) is 0 Å². The van der Waals surface area contributed by atoms with Gasteiger partial charge in [0.25, 0.3) is 0 Å². The Labute approximate surface area is 59.6 Å². The second-order valence-corrected chi connectivity index (χ2v) is 2.15. The molecule has 0 amide bonds. The smallest absolute Gasteiger partial charge is 0.321 e. The Morgan fingerprint density at radius 1 is 1.78 bits per heavy atom. The number of carbonyl (C=O) groups is 1. The molecule has 0 rings (SSSR count). The molecule has 0 N–H and O–H groups in total. The van der Waals surface area contributed by atoms with Gasteiger partial charge in [-0.15, -0.1) is 0 Å². The lowest BCUT2D eigenvalue weighted by Gasteiger charge is -2.04. The Kier molecular flexibility index (Phi) is 4.44. The first kappa shape index (κ1) is 8.72. The van der Waals surface area contributed by atoms with E-state index in [1.807, 2.05) is 0 Å². The number of hydrogen-bond donors (Lipinski definition) is 0. The Morgan fingerprint density at radius 2 is 2.33 bits per heavy atom. The molecule has 0 fully saturated rings. The van der Waals surface area contributed by atoms with Crippen molar-refractivity contribution in [1.29, 1.82) is 0 Å². The summed E-state index contributed by atoms with van der Waals surface area (Å²) in [6.45, 7) is 2.30. The predicted octanol–water partition coefficient (Wildman–Crippen LogP) is 0.635. The van der Waals surface area contributed by atoms with E-state index in [-0.39, 0.29) is 12.5 Å². The van der Waals surface area contributed by atoms with E-state index in [0.29, 0.717) is 6.61 Å². The lowest BCUT2D eigenvalue weighted by molar-refractivity contribution is -0.143. The van der Waals surface area contributed by atoms with Crippen LogP contribution in [0.15, 0.2) is 0 Å². The van der Waals surface area contributed by atoms with Crippen molar-refractivity contribution >= 4 is 17.7 Å². The maximum absolute atomic E-state index is 10.5. The van der Waals surface area contributed by atoms with Crippen LogP contribution in [0.5, 0.6) is 0 Å². The first-order chi connectivity index (χ1) is 4.16. The summed E-state index contributed by atoms with van der Waals surface area (Å²) in [5.74, 6) is -0.296. The minimum atomic E-state index is -0.296. The summed E-state index contributed by atoms with van der Waals surface area (Å²) in [5.41, 5.74) is 0. The van der Waals surface area contributed by atoms with Crippen molar-refractivity contribution < 1.29 is 9.53 Å². The molecule has 54 valence electrons. The van der Waals surface area contributed by atoms with Gasteiger partial charge in [0.1, 0.15) is 6.54 Å². The molecule has 0 aliphatic carbocycles. The molecule has 0 spiro atoms. The summed E-state index contributed by atoms with van der Waals surface area (Å²) in [6.07, 6.45) is 0. The predicted molar refractivity (Wildman–Crippen MR) is 35.1 cm³/mol. The number of rotatable bonds is 3. The number of esters is 1. The first-order valence-corrected chi connectivity index (χ1v) is 3.03. The number of halogens is 1. The topological polar surface area (TPSA) is 29.5 Å². The highest BCUT2D eigenvalue weighted by Crippen LogP contribution is 1.87. The van der Waals surface area contributed by atoms with Gasteiger partial charge in [-0.25, -0.2) is 4.42 Å². The molecule has 0 aromatic rings. The third-order valence-corrected chi connectivity index (χ3v) is 0.772. The summed E-state index contributed by atoms with van der Waals surface area (Å²) >= 11 is 5.34. The number of ether oxygens (including phenoxy) is 1. The molecule has 0 aliphatic rings. The zero-order valence-corrected chi connectivity index (χ0v) is 6.31. The summed E-state index contributed by atoms with van der Waals surface area (Å²) in [5, 5.41) is 0. The van der Waals surface area contributed by atoms with Crippen LogP contribution in [0, 0.1) is 0 Å². The molecule has 0 aliphatic heterocycles. The quantitative estimate of drug-likeness (QED) is 0.438. The van der Waals surface area contributed by atoms with Crippen molar-refractivity contribution in [3.8, 4) is 0 Å². The third kappa shape index (κ3) is 5.59. The highest BCUT2D eigenvalue weighted by Gasteiger charge is 2.02. The number of likely N-dealkylation sites (N-methyl/N-ethyl adjacent to an activating group) is 1. The SMILES string of the molecule is CCOC(=O)CN(C)Cl. The van der Waals surface area contributed by atoms with Gasteiger partial charge in [0, 0.05) is 7.05 Å². The molecule has 4 heteroatoms. The highest BCUT2D eigenvalue weighted by molar-refractivity contribution is 6.14. The zero-order chi connectivity index (χ0) is 7.28. The van der Waals surface area contributed by atoms with Crippen LogP contribution in [0.3, 0.4) is 0 Å². The normalized spacial score (nSPS) is 9.78. The summed E-state index contributed by atoms with van der Waals surface area (Å²) in [6, 6.07) is 0. The van der Waals surface area contributed by atoms with E-state index in [0.717, 1.165) is 0 Å². The van der Waals surface area contributed by atoms with E-state index >= 15 is 0 Å². The van der Waals surface area contributed by atoms with Crippen molar-refractivity contribution in [2.24, 2.45) is 0 Å². The van der Waals surface area contributed by atoms with E-state index < -0.39 is 0 Å². The molecule has 0 atom stereocenters. The van der Waals surface area contributed by atoms with E-state index in [1.54, 1.807) is 14.0 Å². The van der Waals surface area contributed by atoms with Crippen molar-refractivity contribution in [2.75, 3.05) is 20.2 Å². The van der Waals surface area contributed by atoms with Crippen LogP contribution in [0.1, 0.15) is 6.92 Å². The molecule has 0 aromatic heterocycles. The molecular formula is C5H10ClNO2. The summed E-state index contributed by atoms with van der Waals surface area (Å²) in [7, 11) is 1.60. The average molecular weight is 152 g/mol. The van der Waals surface area contributed by atoms with Gasteiger partial charge in [-0.1, -0.05) is 0 Å². The van der Waals surface area contributed by atoms with E-state index in [1.165, 1.54) is 4.42 Å². The van der Waals surface area contributed by atoms with Gasteiger partial charge in [0.15, 0.2) is 0 Å². The molecule has 0 heterocycles. The van der Waals surface area contributed by atoms with Crippen LogP contribution in [-0.4, -0.2) is 30.6 Å². The van der Waals surface area contributed by atoms with Crippen molar-refractivity contribution in [2.45, 2.75) is 6.92 Å². The fourth-order valence-corrected chi connectivity index (χ4v) is 0.482. The lowest BCUT2D eigenvalue weighted by atomic mass is 10.6. The fourth-order valence-electron chi connectivity index (χ4n) is 0.385. The maximum Gasteiger partial charge on any atom is 0.321 e. The molecule has 3 nitrogen and oxygen atoms in total. The van der Waals surface area contributed by atoms with E-state index in [9.17, 15) is 4.79 Å². The van der Waals surface area contributed by atoms with Crippen LogP contribution in [0.4, 0.5) is 0 Å². The van der Waals surface area contributed by atoms with Crippen LogP contribution < -0.4 is 0 Å². The van der Waals surface area contributed by atoms with Crippen molar-refractivity contribution in [3.63, 3.8) is 0 Å². The molecule has 0 saturated carbocycles. The van der Waals surface area contributed by atoms with Gasteiger partial charge in [-0.3, -0.25) is 4.79 Å². The zero-order valence-electron chi connectivity index (χ0n) is 5.56. The Morgan fingerprint density at radius 3 is 2.67 bits per heavy atom. The van der Waals surface area contributed by atoms with Gasteiger partial charge in [0.05, 0.1) is 6.61 Å². The molecular weight excluding hydrogens is 142 g/mol. The van der Waals surface area contributed by atoms with Gasteiger partial charge in [-0.2, -0.15) is 0 Å². The first-order valence-electron chi connectivity index (χ1n) is 2.69. The summed E-state index contributed by atoms with van der Waals surface area (Å²) < 4.78 is 5.84. The molecule has 0 aromatic carbocycles. The van der Waals surface area contributed by atoms with E-state index in [2.05, 4.69) is 4.74 Å². The molecule has 9 heavy (non-hydrogen) atoms. The van der Waals surface area contributed by atoms with Gasteiger partial charge in [-0.05, 0) is 18.7 Å². The fraction of sp³-hybridized carbons (Fsp3) is 0.800. The number of carbonyl (C=O) groups excluding carboxylic acids is 1. The van der Waals surface area contributed by atoms with E-state index in [4.69, 9.17) is 11.8 Å². The van der Waals surface area contributed by atoms with Crippen LogP contribution in [-0.2, 0) is 9.53 Å². The Balaban J connectivity index is 3.27. The van der Waals surface area contributed by atoms with Gasteiger partial charge < -0.3 is 4.74 Å². The maximum atomic E-state index is 10.5. The second-order valence-electron chi connectivity index (χ2n) is 1.57.